The molecular weight excluding hydrogens is 220 g/mol. The molecule has 0 amide bonds. The van der Waals surface area contributed by atoms with Crippen LogP contribution in [0.2, 0.25) is 0 Å². The number of phenolic OH excluding ortho intramolecular Hbond substituents is 1. The summed E-state index contributed by atoms with van der Waals surface area (Å²) in [5, 5.41) is 26.0. The minimum absolute atomic E-state index is 0.250. The smallest absolute Gasteiger partial charge is 0.373 e. The lowest BCUT2D eigenvalue weighted by atomic mass is 10.1. The number of carbonyl (C=O) groups is 2. The fourth-order valence-corrected chi connectivity index (χ4v) is 0.896. The van der Waals surface area contributed by atoms with Crippen LogP contribution >= 0.6 is 0 Å². The first-order valence-corrected chi connectivity index (χ1v) is 3.73. The van der Waals surface area contributed by atoms with E-state index < -0.39 is 17.5 Å². The maximum Gasteiger partial charge on any atom is 0.373 e. The van der Waals surface area contributed by atoms with E-state index in [1.807, 2.05) is 0 Å². The molecule has 7 heteroatoms. The summed E-state index contributed by atoms with van der Waals surface area (Å²) in [6.45, 7) is 0. The van der Waals surface area contributed by atoms with Gasteiger partial charge >= 0.3 is 18.1 Å². The Hall–Kier alpha value is -2.66. The number of hydrogen-bond donors (Lipinski definition) is 3. The molecule has 0 atom stereocenters. The molecular formula is C9H6O7. The normalized spacial score (nSPS) is 8.25. The first-order valence-electron chi connectivity index (χ1n) is 3.73. The van der Waals surface area contributed by atoms with Crippen molar-refractivity contribution in [2.75, 3.05) is 0 Å². The SMILES string of the molecule is O=C(O)c1ccc(O)cc1C(=O)O.O=C=O. The number of phenols is 1. The van der Waals surface area contributed by atoms with E-state index in [1.165, 1.54) is 0 Å². The van der Waals surface area contributed by atoms with Gasteiger partial charge in [0.1, 0.15) is 5.75 Å². The molecule has 84 valence electrons. The van der Waals surface area contributed by atoms with E-state index in [-0.39, 0.29) is 17.5 Å². The summed E-state index contributed by atoms with van der Waals surface area (Å²) in [6, 6.07) is 3.06. The van der Waals surface area contributed by atoms with Crippen molar-refractivity contribution in [3.05, 3.63) is 29.3 Å². The molecule has 0 unspecified atom stereocenters. The number of carboxylic acids is 2. The molecule has 1 rings (SSSR count). The van der Waals surface area contributed by atoms with Gasteiger partial charge in [0.25, 0.3) is 0 Å². The lowest BCUT2D eigenvalue weighted by Gasteiger charge is -2.00. The Kier molecular flexibility index (Phi) is 4.96. The van der Waals surface area contributed by atoms with E-state index >= 15 is 0 Å². The predicted octanol–water partition coefficient (Wildman–Crippen LogP) is 0.205. The summed E-state index contributed by atoms with van der Waals surface area (Å²) in [6.07, 6.45) is 0.250. The van der Waals surface area contributed by atoms with Crippen molar-refractivity contribution in [3.8, 4) is 5.75 Å². The van der Waals surface area contributed by atoms with Crippen molar-refractivity contribution < 1.29 is 34.5 Å². The van der Waals surface area contributed by atoms with Crippen LogP contribution in [0.4, 0.5) is 0 Å². The maximum absolute atomic E-state index is 10.5. The molecule has 0 aliphatic heterocycles. The summed E-state index contributed by atoms with van der Waals surface area (Å²) in [7, 11) is 0. The standard InChI is InChI=1S/C8H6O5.CO2/c9-4-1-2-5(7(10)11)6(3-4)8(12)13;2-1-3/h1-3,9H,(H,10,11)(H,12,13);. The molecule has 0 heterocycles. The number of aromatic hydroxyl groups is 1. The van der Waals surface area contributed by atoms with Crippen molar-refractivity contribution in [3.63, 3.8) is 0 Å². The van der Waals surface area contributed by atoms with E-state index in [0.29, 0.717) is 0 Å². The first-order chi connectivity index (χ1) is 7.43. The third-order valence-electron chi connectivity index (χ3n) is 1.46. The van der Waals surface area contributed by atoms with Crippen molar-refractivity contribution >= 4 is 18.1 Å². The molecule has 7 nitrogen and oxygen atoms in total. The average molecular weight is 226 g/mol. The fourth-order valence-electron chi connectivity index (χ4n) is 0.896. The van der Waals surface area contributed by atoms with E-state index in [2.05, 4.69) is 0 Å². The molecule has 0 spiro atoms. The monoisotopic (exact) mass is 226 g/mol. The molecule has 1 aromatic rings. The molecule has 0 bridgehead atoms. The number of hydrogen-bond acceptors (Lipinski definition) is 5. The van der Waals surface area contributed by atoms with Crippen LogP contribution in [0.3, 0.4) is 0 Å². The Morgan fingerprint density at radius 2 is 1.44 bits per heavy atom. The highest BCUT2D eigenvalue weighted by molar-refractivity contribution is 6.01. The van der Waals surface area contributed by atoms with Gasteiger partial charge in [-0.25, -0.2) is 9.59 Å². The lowest BCUT2D eigenvalue weighted by Crippen LogP contribution is -2.07. The summed E-state index contributed by atoms with van der Waals surface area (Å²) in [5.74, 6) is -2.99. The molecule has 0 aliphatic carbocycles. The number of carboxylic acid groups (broad SMARTS) is 2. The second-order valence-electron chi connectivity index (χ2n) is 2.42. The molecule has 0 saturated heterocycles. The Bertz CT molecular complexity index is 443. The average Bonchev–Trinajstić information content (AvgIpc) is 2.18. The summed E-state index contributed by atoms with van der Waals surface area (Å²) in [5.41, 5.74) is -0.766. The Morgan fingerprint density at radius 3 is 1.81 bits per heavy atom. The summed E-state index contributed by atoms with van der Waals surface area (Å²) < 4.78 is 0. The zero-order valence-electron chi connectivity index (χ0n) is 7.71. The number of benzene rings is 1. The zero-order valence-corrected chi connectivity index (χ0v) is 7.71. The van der Waals surface area contributed by atoms with Gasteiger partial charge in [-0.2, -0.15) is 9.59 Å². The highest BCUT2D eigenvalue weighted by Gasteiger charge is 2.15. The fraction of sp³-hybridized carbons (Fsp3) is 0. The van der Waals surface area contributed by atoms with Crippen LogP contribution in [-0.4, -0.2) is 33.4 Å². The van der Waals surface area contributed by atoms with Gasteiger partial charge in [-0.15, -0.1) is 0 Å². The minimum atomic E-state index is -1.38. The van der Waals surface area contributed by atoms with Crippen molar-refractivity contribution in [2.24, 2.45) is 0 Å². The second kappa shape index (κ2) is 5.94. The Morgan fingerprint density at radius 1 is 1.00 bits per heavy atom. The quantitative estimate of drug-likeness (QED) is 0.656. The highest BCUT2D eigenvalue weighted by atomic mass is 16.4. The number of aromatic carboxylic acids is 2. The molecule has 16 heavy (non-hydrogen) atoms. The van der Waals surface area contributed by atoms with Gasteiger partial charge in [-0.3, -0.25) is 0 Å². The van der Waals surface area contributed by atoms with Crippen molar-refractivity contribution in [2.45, 2.75) is 0 Å². The van der Waals surface area contributed by atoms with E-state index in [0.717, 1.165) is 18.2 Å². The second-order valence-corrected chi connectivity index (χ2v) is 2.42. The lowest BCUT2D eigenvalue weighted by molar-refractivity contribution is -0.191. The van der Waals surface area contributed by atoms with E-state index in [4.69, 9.17) is 24.9 Å². The molecule has 1 aromatic carbocycles. The van der Waals surface area contributed by atoms with Gasteiger partial charge in [-0.05, 0) is 18.2 Å². The zero-order chi connectivity index (χ0) is 12.7. The molecule has 0 aliphatic rings. The van der Waals surface area contributed by atoms with Crippen LogP contribution in [0, 0.1) is 0 Å². The predicted molar refractivity (Wildman–Crippen MR) is 47.0 cm³/mol. The van der Waals surface area contributed by atoms with Gasteiger partial charge in [0.05, 0.1) is 11.1 Å². The molecule has 3 N–H and O–H groups in total. The molecule has 0 fully saturated rings. The largest absolute Gasteiger partial charge is 0.508 e. The molecule has 0 radical (unpaired) electrons. The number of carbonyl (C=O) groups excluding carboxylic acids is 2. The highest BCUT2D eigenvalue weighted by Crippen LogP contribution is 2.16. The van der Waals surface area contributed by atoms with E-state index in [1.54, 1.807) is 0 Å². The maximum atomic E-state index is 10.5. The van der Waals surface area contributed by atoms with Crippen molar-refractivity contribution in [1.82, 2.24) is 0 Å². The number of rotatable bonds is 2. The molecule has 0 aromatic heterocycles. The third kappa shape index (κ3) is 3.60. The van der Waals surface area contributed by atoms with Crippen molar-refractivity contribution in [1.29, 1.82) is 0 Å². The van der Waals surface area contributed by atoms with Crippen LogP contribution in [0.15, 0.2) is 18.2 Å². The van der Waals surface area contributed by atoms with Crippen LogP contribution < -0.4 is 0 Å². The minimum Gasteiger partial charge on any atom is -0.508 e. The van der Waals surface area contributed by atoms with Gasteiger partial charge in [-0.1, -0.05) is 0 Å². The van der Waals surface area contributed by atoms with Crippen LogP contribution in [-0.2, 0) is 9.59 Å². The topological polar surface area (TPSA) is 129 Å². The summed E-state index contributed by atoms with van der Waals surface area (Å²) >= 11 is 0. The first kappa shape index (κ1) is 13.3. The van der Waals surface area contributed by atoms with Gasteiger partial charge in [0, 0.05) is 0 Å². The van der Waals surface area contributed by atoms with Crippen LogP contribution in [0.5, 0.6) is 5.75 Å². The van der Waals surface area contributed by atoms with Gasteiger partial charge in [0.2, 0.25) is 0 Å². The Balaban J connectivity index is 0.000000673. The van der Waals surface area contributed by atoms with Gasteiger partial charge < -0.3 is 15.3 Å². The van der Waals surface area contributed by atoms with Crippen LogP contribution in [0.1, 0.15) is 20.7 Å². The van der Waals surface area contributed by atoms with Gasteiger partial charge in [0.15, 0.2) is 0 Å². The van der Waals surface area contributed by atoms with Crippen LogP contribution in [0.25, 0.3) is 0 Å². The third-order valence-corrected chi connectivity index (χ3v) is 1.46. The Labute approximate surface area is 88.6 Å². The molecule has 0 saturated carbocycles. The van der Waals surface area contributed by atoms with E-state index in [9.17, 15) is 9.59 Å². The summed E-state index contributed by atoms with van der Waals surface area (Å²) in [4.78, 5) is 37.2.